The van der Waals surface area contributed by atoms with Crippen LogP contribution in [-0.2, 0) is 0 Å². The molecule has 19 heavy (non-hydrogen) atoms. The molecular formula is C17H22ClN. The van der Waals surface area contributed by atoms with Crippen LogP contribution < -0.4 is 5.32 Å². The van der Waals surface area contributed by atoms with Gasteiger partial charge in [0.05, 0.1) is 0 Å². The maximum Gasteiger partial charge on any atom is 0.0406 e. The van der Waals surface area contributed by atoms with E-state index in [2.05, 4.69) is 57.0 Å². The van der Waals surface area contributed by atoms with Crippen LogP contribution in [0, 0.1) is 31.1 Å². The molecule has 1 fully saturated rings. The Hall–Kier alpha value is -1.41. The molecule has 0 unspecified atom stereocenters. The molecule has 1 nitrogen and oxygen atoms in total. The lowest BCUT2D eigenvalue weighted by Gasteiger charge is -2.39. The normalized spacial score (nSPS) is 20.1. The molecule has 0 radical (unpaired) electrons. The minimum Gasteiger partial charge on any atom is -0.316 e. The summed E-state index contributed by atoms with van der Waals surface area (Å²) in [6.45, 7) is 6.88. The van der Waals surface area contributed by atoms with E-state index in [1.807, 2.05) is 12.1 Å². The van der Waals surface area contributed by atoms with Crippen molar-refractivity contribution in [1.82, 2.24) is 5.32 Å². The van der Waals surface area contributed by atoms with E-state index in [0.717, 1.165) is 18.1 Å². The summed E-state index contributed by atoms with van der Waals surface area (Å²) in [5.41, 5.74) is 1.76. The smallest absolute Gasteiger partial charge is 0.0406 e. The molecule has 0 amide bonds. The number of hydrogen-bond acceptors (Lipinski definition) is 1. The molecule has 0 saturated carbocycles. The molecule has 2 rings (SSSR count). The number of piperidine rings is 1. The van der Waals surface area contributed by atoms with E-state index in [1.165, 1.54) is 12.0 Å². The molecule has 2 heteroatoms. The van der Waals surface area contributed by atoms with Crippen LogP contribution in [0.15, 0.2) is 24.3 Å². The molecule has 0 spiro atoms. The van der Waals surface area contributed by atoms with E-state index in [-0.39, 0.29) is 0 Å². The van der Waals surface area contributed by atoms with Crippen LogP contribution in [0.3, 0.4) is 0 Å². The fraction of sp³-hybridized carbons (Fsp3) is 0.412. The highest BCUT2D eigenvalue weighted by atomic mass is 35.5. The average Bonchev–Trinajstić information content (AvgIpc) is 2.44. The predicted molar refractivity (Wildman–Crippen MR) is 85.2 cm³/mol. The predicted octanol–water partition coefficient (Wildman–Crippen LogP) is 3.94. The number of nitrogens with one attached hydrogen (secondary N) is 1. The second-order valence-electron chi connectivity index (χ2n) is 5.06. The van der Waals surface area contributed by atoms with E-state index in [9.17, 15) is 0 Å². The van der Waals surface area contributed by atoms with Gasteiger partial charge in [0, 0.05) is 11.6 Å². The van der Waals surface area contributed by atoms with Gasteiger partial charge in [0.15, 0.2) is 0 Å². The van der Waals surface area contributed by atoms with E-state index in [4.69, 9.17) is 11.6 Å². The van der Waals surface area contributed by atoms with Crippen molar-refractivity contribution in [3.05, 3.63) is 34.9 Å². The number of halogens is 1. The first-order chi connectivity index (χ1) is 9.09. The summed E-state index contributed by atoms with van der Waals surface area (Å²) in [7, 11) is 0. The largest absolute Gasteiger partial charge is 0.316 e. The third-order valence-electron chi connectivity index (χ3n) is 3.41. The molecule has 1 saturated heterocycles. The van der Waals surface area contributed by atoms with Crippen molar-refractivity contribution in [3.63, 3.8) is 0 Å². The molecule has 0 bridgehead atoms. The topological polar surface area (TPSA) is 12.0 Å². The Morgan fingerprint density at radius 1 is 1.11 bits per heavy atom. The van der Waals surface area contributed by atoms with Crippen LogP contribution >= 0.6 is 11.6 Å². The summed E-state index contributed by atoms with van der Waals surface area (Å²) in [6, 6.07) is 8.32. The van der Waals surface area contributed by atoms with Crippen molar-refractivity contribution < 1.29 is 0 Å². The molecule has 1 aromatic carbocycles. The molecule has 1 heterocycles. The zero-order chi connectivity index (χ0) is 14.9. The average molecular weight is 276 g/mol. The second kappa shape index (κ2) is 8.65. The van der Waals surface area contributed by atoms with Gasteiger partial charge in [-0.05, 0) is 42.0 Å². The molecule has 1 aliphatic rings. The molecule has 1 atom stereocenters. The molecule has 0 aliphatic carbocycles. The van der Waals surface area contributed by atoms with Crippen LogP contribution in [0.4, 0.5) is 0 Å². The Morgan fingerprint density at radius 2 is 1.63 bits per heavy atom. The number of hydrogen-bond donors (Lipinski definition) is 1. The Labute approximate surface area is 122 Å². The SMILES string of the molecule is C#C.C#C.CC1(C)CNCC[C@H]1c1ccc(Cl)cc1. The van der Waals surface area contributed by atoms with Crippen molar-refractivity contribution >= 4 is 11.6 Å². The molecule has 1 N–H and O–H groups in total. The van der Waals surface area contributed by atoms with Gasteiger partial charge in [-0.25, -0.2) is 0 Å². The summed E-state index contributed by atoms with van der Waals surface area (Å²) < 4.78 is 0. The van der Waals surface area contributed by atoms with Gasteiger partial charge in [0.25, 0.3) is 0 Å². The van der Waals surface area contributed by atoms with E-state index in [1.54, 1.807) is 0 Å². The summed E-state index contributed by atoms with van der Waals surface area (Å²) in [5.74, 6) is 0.649. The standard InChI is InChI=1S/C13H18ClN.2C2H2/c1-13(2)9-15-8-7-12(13)10-3-5-11(14)6-4-10;2*1-2/h3-6,12,15H,7-9H2,1-2H3;2*1-2H/t12-;;/m0../s1. The number of terminal acetylenes is 2. The number of rotatable bonds is 1. The quantitative estimate of drug-likeness (QED) is 0.766. The van der Waals surface area contributed by atoms with Crippen molar-refractivity contribution in [2.45, 2.75) is 26.2 Å². The van der Waals surface area contributed by atoms with Crippen LogP contribution in [-0.4, -0.2) is 13.1 Å². The fourth-order valence-electron chi connectivity index (χ4n) is 2.48. The Kier molecular flexibility index (Phi) is 8.01. The Bertz CT molecular complexity index is 394. The third-order valence-corrected chi connectivity index (χ3v) is 3.66. The van der Waals surface area contributed by atoms with E-state index < -0.39 is 0 Å². The summed E-state index contributed by atoms with van der Waals surface area (Å²) in [6.07, 6.45) is 17.2. The van der Waals surface area contributed by atoms with Crippen LogP contribution in [0.1, 0.15) is 31.7 Å². The second-order valence-corrected chi connectivity index (χ2v) is 5.49. The van der Waals surface area contributed by atoms with Crippen LogP contribution in [0.2, 0.25) is 5.02 Å². The van der Waals surface area contributed by atoms with Gasteiger partial charge >= 0.3 is 0 Å². The molecular weight excluding hydrogens is 254 g/mol. The maximum absolute atomic E-state index is 5.91. The molecule has 1 aromatic rings. The lowest BCUT2D eigenvalue weighted by molar-refractivity contribution is 0.219. The van der Waals surface area contributed by atoms with Gasteiger partial charge in [-0.2, -0.15) is 0 Å². The first-order valence-electron chi connectivity index (χ1n) is 6.22. The van der Waals surface area contributed by atoms with Crippen molar-refractivity contribution in [2.24, 2.45) is 5.41 Å². The van der Waals surface area contributed by atoms with Gasteiger partial charge in [0.2, 0.25) is 0 Å². The van der Waals surface area contributed by atoms with E-state index in [0.29, 0.717) is 11.3 Å². The highest BCUT2D eigenvalue weighted by Crippen LogP contribution is 2.39. The summed E-state index contributed by atoms with van der Waals surface area (Å²) in [5, 5.41) is 4.28. The highest BCUT2D eigenvalue weighted by Gasteiger charge is 2.32. The zero-order valence-corrected chi connectivity index (χ0v) is 12.5. The molecule has 102 valence electrons. The van der Waals surface area contributed by atoms with Crippen molar-refractivity contribution in [2.75, 3.05) is 13.1 Å². The lowest BCUT2D eigenvalue weighted by atomic mass is 9.71. The van der Waals surface area contributed by atoms with E-state index >= 15 is 0 Å². The van der Waals surface area contributed by atoms with Crippen molar-refractivity contribution in [3.8, 4) is 25.7 Å². The Balaban J connectivity index is 0.000000741. The minimum atomic E-state index is 0.339. The molecule has 0 aromatic heterocycles. The van der Waals surface area contributed by atoms with Gasteiger partial charge < -0.3 is 5.32 Å². The summed E-state index contributed by atoms with van der Waals surface area (Å²) in [4.78, 5) is 0. The van der Waals surface area contributed by atoms with Gasteiger partial charge in [-0.1, -0.05) is 37.6 Å². The zero-order valence-electron chi connectivity index (χ0n) is 11.7. The first kappa shape index (κ1) is 17.6. The highest BCUT2D eigenvalue weighted by molar-refractivity contribution is 6.30. The first-order valence-corrected chi connectivity index (χ1v) is 6.60. The monoisotopic (exact) mass is 275 g/mol. The minimum absolute atomic E-state index is 0.339. The van der Waals surface area contributed by atoms with Gasteiger partial charge in [-0.3, -0.25) is 0 Å². The lowest BCUT2D eigenvalue weighted by Crippen LogP contribution is -2.41. The Morgan fingerprint density at radius 3 is 2.11 bits per heavy atom. The van der Waals surface area contributed by atoms with Gasteiger partial charge in [-0.15, -0.1) is 25.7 Å². The fourth-order valence-corrected chi connectivity index (χ4v) is 2.61. The maximum atomic E-state index is 5.91. The molecule has 1 aliphatic heterocycles. The van der Waals surface area contributed by atoms with Crippen LogP contribution in [0.5, 0.6) is 0 Å². The third kappa shape index (κ3) is 4.99. The summed E-state index contributed by atoms with van der Waals surface area (Å²) >= 11 is 5.91. The number of benzene rings is 1. The van der Waals surface area contributed by atoms with Crippen LogP contribution in [0.25, 0.3) is 0 Å². The van der Waals surface area contributed by atoms with Gasteiger partial charge in [0.1, 0.15) is 0 Å². The van der Waals surface area contributed by atoms with Crippen molar-refractivity contribution in [1.29, 1.82) is 0 Å².